The van der Waals surface area contributed by atoms with Crippen LogP contribution in [0.2, 0.25) is 0 Å². The van der Waals surface area contributed by atoms with Gasteiger partial charge in [-0.05, 0) is 29.9 Å². The average Bonchev–Trinajstić information content (AvgIpc) is 2.85. The highest BCUT2D eigenvalue weighted by atomic mass is 32.2. The third-order valence-electron chi connectivity index (χ3n) is 2.94. The maximum atomic E-state index is 12.2. The molecule has 0 amide bonds. The molecule has 0 spiro atoms. The zero-order valence-corrected chi connectivity index (χ0v) is 13.2. The summed E-state index contributed by atoms with van der Waals surface area (Å²) in [5.41, 5.74) is 0.644. The average molecular weight is 305 g/mol. The van der Waals surface area contributed by atoms with Gasteiger partial charge in [0.25, 0.3) is 0 Å². The second-order valence-electron chi connectivity index (χ2n) is 4.68. The Morgan fingerprint density at radius 3 is 2.58 bits per heavy atom. The fourth-order valence-electron chi connectivity index (χ4n) is 1.92. The largest absolute Gasteiger partial charge is 0.392 e. The summed E-state index contributed by atoms with van der Waals surface area (Å²) in [6, 6.07) is 1.55. The number of nitrogens with one attached hydrogen (secondary N) is 1. The molecule has 0 radical (unpaired) electrons. The van der Waals surface area contributed by atoms with Gasteiger partial charge in [0.2, 0.25) is 10.0 Å². The Hall–Kier alpha value is -0.430. The van der Waals surface area contributed by atoms with Crippen molar-refractivity contribution in [1.29, 1.82) is 0 Å². The smallest absolute Gasteiger partial charge is 0.250 e. The number of rotatable bonds is 9. The van der Waals surface area contributed by atoms with E-state index in [-0.39, 0.29) is 16.9 Å². The van der Waals surface area contributed by atoms with Crippen molar-refractivity contribution in [2.24, 2.45) is 0 Å². The molecule has 0 bridgehead atoms. The lowest BCUT2D eigenvalue weighted by Crippen LogP contribution is -2.34. The Labute approximate surface area is 119 Å². The van der Waals surface area contributed by atoms with Gasteiger partial charge >= 0.3 is 0 Å². The monoisotopic (exact) mass is 305 g/mol. The van der Waals surface area contributed by atoms with E-state index in [4.69, 9.17) is 5.11 Å². The summed E-state index contributed by atoms with van der Waals surface area (Å²) in [4.78, 5) is 0. The normalized spacial score (nSPS) is 13.6. The molecular weight excluding hydrogens is 282 g/mol. The molecule has 0 saturated carbocycles. The topological polar surface area (TPSA) is 66.4 Å². The first-order chi connectivity index (χ1) is 9.03. The van der Waals surface area contributed by atoms with E-state index >= 15 is 0 Å². The Morgan fingerprint density at radius 2 is 2.05 bits per heavy atom. The van der Waals surface area contributed by atoms with Gasteiger partial charge in [-0.1, -0.05) is 33.1 Å². The van der Waals surface area contributed by atoms with Crippen LogP contribution < -0.4 is 4.72 Å². The van der Waals surface area contributed by atoms with E-state index < -0.39 is 10.0 Å². The predicted octanol–water partition coefficient (Wildman–Crippen LogP) is 2.88. The van der Waals surface area contributed by atoms with Gasteiger partial charge in [-0.3, -0.25) is 0 Å². The molecule has 1 unspecified atom stereocenters. The van der Waals surface area contributed by atoms with E-state index in [2.05, 4.69) is 18.6 Å². The maximum Gasteiger partial charge on any atom is 0.250 e. The van der Waals surface area contributed by atoms with Gasteiger partial charge < -0.3 is 5.11 Å². The van der Waals surface area contributed by atoms with Crippen LogP contribution in [-0.4, -0.2) is 19.6 Å². The van der Waals surface area contributed by atoms with Gasteiger partial charge in [0.1, 0.15) is 4.21 Å². The lowest BCUT2D eigenvalue weighted by atomic mass is 10.1. The molecule has 19 heavy (non-hydrogen) atoms. The third kappa shape index (κ3) is 5.22. The second-order valence-corrected chi connectivity index (χ2v) is 7.53. The minimum atomic E-state index is -3.44. The van der Waals surface area contributed by atoms with Crippen molar-refractivity contribution in [3.8, 4) is 0 Å². The van der Waals surface area contributed by atoms with Crippen molar-refractivity contribution in [2.45, 2.75) is 62.8 Å². The van der Waals surface area contributed by atoms with Crippen LogP contribution in [0.5, 0.6) is 0 Å². The molecule has 0 aliphatic rings. The van der Waals surface area contributed by atoms with E-state index in [1.165, 1.54) is 6.07 Å². The fraction of sp³-hybridized carbons (Fsp3) is 0.692. The van der Waals surface area contributed by atoms with Crippen molar-refractivity contribution in [2.75, 3.05) is 0 Å². The van der Waals surface area contributed by atoms with Crippen LogP contribution in [0.25, 0.3) is 0 Å². The quantitative estimate of drug-likeness (QED) is 0.737. The lowest BCUT2D eigenvalue weighted by molar-refractivity contribution is 0.282. The first-order valence-electron chi connectivity index (χ1n) is 6.74. The summed E-state index contributed by atoms with van der Waals surface area (Å²) in [5, 5.41) is 10.7. The third-order valence-corrected chi connectivity index (χ3v) is 5.95. The molecule has 1 rings (SSSR count). The molecule has 1 aromatic heterocycles. The minimum Gasteiger partial charge on any atom is -0.392 e. The van der Waals surface area contributed by atoms with Gasteiger partial charge in [0.15, 0.2) is 0 Å². The van der Waals surface area contributed by atoms with Crippen LogP contribution in [0.1, 0.15) is 51.5 Å². The zero-order chi connectivity index (χ0) is 14.3. The number of aliphatic hydroxyl groups is 1. The maximum absolute atomic E-state index is 12.2. The van der Waals surface area contributed by atoms with Crippen LogP contribution in [0.15, 0.2) is 15.7 Å². The number of thiophene rings is 1. The van der Waals surface area contributed by atoms with Crippen molar-refractivity contribution in [3.63, 3.8) is 0 Å². The molecule has 2 N–H and O–H groups in total. The predicted molar refractivity (Wildman–Crippen MR) is 78.8 cm³/mol. The highest BCUT2D eigenvalue weighted by Crippen LogP contribution is 2.21. The number of hydrogen-bond donors (Lipinski definition) is 2. The van der Waals surface area contributed by atoms with E-state index in [0.717, 1.165) is 43.4 Å². The molecule has 6 heteroatoms. The second kappa shape index (κ2) is 7.99. The van der Waals surface area contributed by atoms with Crippen molar-refractivity contribution < 1.29 is 13.5 Å². The van der Waals surface area contributed by atoms with E-state index in [1.54, 1.807) is 5.38 Å². The van der Waals surface area contributed by atoms with E-state index in [9.17, 15) is 8.42 Å². The molecule has 0 saturated heterocycles. The zero-order valence-electron chi connectivity index (χ0n) is 11.6. The van der Waals surface area contributed by atoms with Crippen molar-refractivity contribution in [3.05, 3.63) is 17.0 Å². The summed E-state index contributed by atoms with van der Waals surface area (Å²) < 4.78 is 27.5. The first kappa shape index (κ1) is 16.6. The Balaban J connectivity index is 2.74. The summed E-state index contributed by atoms with van der Waals surface area (Å²) in [5.74, 6) is 0. The Bertz CT molecular complexity index is 468. The molecule has 4 nitrogen and oxygen atoms in total. The first-order valence-corrected chi connectivity index (χ1v) is 9.10. The van der Waals surface area contributed by atoms with Gasteiger partial charge in [0, 0.05) is 6.04 Å². The summed E-state index contributed by atoms with van der Waals surface area (Å²) in [6.45, 7) is 4.03. The van der Waals surface area contributed by atoms with Crippen LogP contribution >= 0.6 is 11.3 Å². The van der Waals surface area contributed by atoms with Gasteiger partial charge in [-0.15, -0.1) is 11.3 Å². The van der Waals surface area contributed by atoms with Crippen molar-refractivity contribution >= 4 is 21.4 Å². The highest BCUT2D eigenvalue weighted by molar-refractivity contribution is 7.91. The van der Waals surface area contributed by atoms with E-state index in [1.807, 2.05) is 0 Å². The highest BCUT2D eigenvalue weighted by Gasteiger charge is 2.21. The SMILES string of the molecule is CCCCC(CCC)NS(=O)(=O)c1cc(CO)cs1. The van der Waals surface area contributed by atoms with Crippen molar-refractivity contribution in [1.82, 2.24) is 4.72 Å². The van der Waals surface area contributed by atoms with Gasteiger partial charge in [-0.2, -0.15) is 0 Å². The molecule has 1 heterocycles. The lowest BCUT2D eigenvalue weighted by Gasteiger charge is -2.17. The number of unbranched alkanes of at least 4 members (excludes halogenated alkanes) is 1. The number of aliphatic hydroxyl groups excluding tert-OH is 1. The van der Waals surface area contributed by atoms with Crippen LogP contribution in [0.3, 0.4) is 0 Å². The van der Waals surface area contributed by atoms with E-state index in [0.29, 0.717) is 5.56 Å². The molecule has 0 aliphatic carbocycles. The van der Waals surface area contributed by atoms with Gasteiger partial charge in [0.05, 0.1) is 6.61 Å². The molecule has 110 valence electrons. The Kier molecular flexibility index (Phi) is 6.99. The molecule has 1 aromatic rings. The summed E-state index contributed by atoms with van der Waals surface area (Å²) >= 11 is 1.15. The summed E-state index contributed by atoms with van der Waals surface area (Å²) in [6.07, 6.45) is 4.79. The standard InChI is InChI=1S/C13H23NO3S2/c1-3-5-7-12(6-4-2)14-19(16,17)13-8-11(9-15)10-18-13/h8,10,12,14-15H,3-7,9H2,1-2H3. The molecule has 1 atom stereocenters. The number of hydrogen-bond acceptors (Lipinski definition) is 4. The van der Waals surface area contributed by atoms with Crippen LogP contribution in [0.4, 0.5) is 0 Å². The molecule has 0 aliphatic heterocycles. The molecule has 0 aromatic carbocycles. The number of sulfonamides is 1. The fourth-order valence-corrected chi connectivity index (χ4v) is 4.44. The molecule has 0 fully saturated rings. The van der Waals surface area contributed by atoms with Crippen LogP contribution in [-0.2, 0) is 16.6 Å². The van der Waals surface area contributed by atoms with Gasteiger partial charge in [-0.25, -0.2) is 13.1 Å². The summed E-state index contributed by atoms with van der Waals surface area (Å²) in [7, 11) is -3.44. The Morgan fingerprint density at radius 1 is 1.32 bits per heavy atom. The minimum absolute atomic E-state index is 0.00891. The van der Waals surface area contributed by atoms with Crippen LogP contribution in [0, 0.1) is 0 Å². The molecular formula is C13H23NO3S2.